The van der Waals surface area contributed by atoms with E-state index in [0.717, 1.165) is 31.6 Å². The molecule has 3 nitrogen and oxygen atoms in total. The van der Waals surface area contributed by atoms with Crippen LogP contribution in [0.5, 0.6) is 5.75 Å². The van der Waals surface area contributed by atoms with Crippen LogP contribution in [-0.4, -0.2) is 31.1 Å². The minimum atomic E-state index is -2.77. The zero-order valence-electron chi connectivity index (χ0n) is 12.9. The number of rotatable bonds is 6. The molecule has 1 aromatic carbocycles. The smallest absolute Gasteiger partial charge is 0.387 e. The number of hydrogen-bond donors (Lipinski definition) is 1. The summed E-state index contributed by atoms with van der Waals surface area (Å²) in [5.41, 5.74) is 6.78. The van der Waals surface area contributed by atoms with Crippen LogP contribution < -0.4 is 10.5 Å². The van der Waals surface area contributed by atoms with Crippen LogP contribution >= 0.6 is 12.4 Å². The third kappa shape index (κ3) is 5.38. The van der Waals surface area contributed by atoms with Gasteiger partial charge in [0.1, 0.15) is 5.75 Å². The molecule has 1 aromatic rings. The summed E-state index contributed by atoms with van der Waals surface area (Å²) in [6.45, 7) is 2.28. The average Bonchev–Trinajstić information content (AvgIpc) is 2.47. The molecule has 2 unspecified atom stereocenters. The van der Waals surface area contributed by atoms with Crippen LogP contribution in [-0.2, 0) is 0 Å². The molecular weight excluding hydrogens is 310 g/mol. The molecule has 0 spiro atoms. The molecule has 0 radical (unpaired) electrons. The maximum atomic E-state index is 12.1. The van der Waals surface area contributed by atoms with Gasteiger partial charge in [-0.15, -0.1) is 12.4 Å². The quantitative estimate of drug-likeness (QED) is 0.859. The number of likely N-dealkylation sites (tertiary alicyclic amines) is 1. The highest BCUT2D eigenvalue weighted by Gasteiger charge is 2.23. The summed E-state index contributed by atoms with van der Waals surface area (Å²) in [6, 6.07) is 7.24. The molecule has 2 rings (SSSR count). The fourth-order valence-electron chi connectivity index (χ4n) is 3.06. The Morgan fingerprint density at radius 2 is 2.00 bits per heavy atom. The molecule has 1 aliphatic heterocycles. The first kappa shape index (κ1) is 19.1. The first-order chi connectivity index (χ1) is 10.1. The van der Waals surface area contributed by atoms with Crippen molar-refractivity contribution in [1.82, 2.24) is 4.90 Å². The van der Waals surface area contributed by atoms with Crippen LogP contribution in [0.2, 0.25) is 0 Å². The van der Waals surface area contributed by atoms with Crippen molar-refractivity contribution in [3.8, 4) is 5.75 Å². The topological polar surface area (TPSA) is 38.5 Å². The van der Waals surface area contributed by atoms with E-state index >= 15 is 0 Å². The summed E-state index contributed by atoms with van der Waals surface area (Å²) in [5.74, 6) is 0.883. The number of nitrogens with zero attached hydrogens (tertiary/aromatic N) is 1. The SMILES string of the molecule is CC(c1ccc(OC(F)F)cc1)N1CCCC(CCN)C1.Cl. The van der Waals surface area contributed by atoms with Crippen LogP contribution in [0.4, 0.5) is 8.78 Å². The van der Waals surface area contributed by atoms with Crippen molar-refractivity contribution in [2.45, 2.75) is 38.8 Å². The Labute approximate surface area is 137 Å². The summed E-state index contributed by atoms with van der Waals surface area (Å²) in [5, 5.41) is 0. The van der Waals surface area contributed by atoms with E-state index in [1.54, 1.807) is 12.1 Å². The predicted molar refractivity (Wildman–Crippen MR) is 86.7 cm³/mol. The third-order valence-corrected chi connectivity index (χ3v) is 4.26. The second-order valence-electron chi connectivity index (χ2n) is 5.70. The van der Waals surface area contributed by atoms with E-state index in [4.69, 9.17) is 5.73 Å². The monoisotopic (exact) mass is 334 g/mol. The lowest BCUT2D eigenvalue weighted by molar-refractivity contribution is -0.0498. The van der Waals surface area contributed by atoms with Gasteiger partial charge in [-0.1, -0.05) is 12.1 Å². The molecule has 0 amide bonds. The van der Waals surface area contributed by atoms with Crippen molar-refractivity contribution in [2.75, 3.05) is 19.6 Å². The Bertz CT molecular complexity index is 429. The summed E-state index contributed by atoms with van der Waals surface area (Å²) in [7, 11) is 0. The summed E-state index contributed by atoms with van der Waals surface area (Å²) < 4.78 is 28.7. The standard InChI is InChI=1S/C16H24F2N2O.ClH/c1-12(20-10-2-3-13(11-20)8-9-19)14-4-6-15(7-5-14)21-16(17)18;/h4-7,12-13,16H,2-3,8-11,19H2,1H3;1H. The van der Waals surface area contributed by atoms with E-state index in [1.807, 2.05) is 12.1 Å². The molecule has 1 aliphatic rings. The van der Waals surface area contributed by atoms with Crippen LogP contribution in [0.25, 0.3) is 0 Å². The normalized spacial score (nSPS) is 20.5. The number of halogens is 3. The zero-order chi connectivity index (χ0) is 15.2. The van der Waals surface area contributed by atoms with Gasteiger partial charge in [-0.05, 0) is 62.9 Å². The number of benzene rings is 1. The van der Waals surface area contributed by atoms with Gasteiger partial charge >= 0.3 is 6.61 Å². The van der Waals surface area contributed by atoms with E-state index in [0.29, 0.717) is 5.92 Å². The Balaban J connectivity index is 0.00000242. The lowest BCUT2D eigenvalue weighted by Crippen LogP contribution is -2.37. The molecule has 1 saturated heterocycles. The van der Waals surface area contributed by atoms with Gasteiger partial charge in [0.25, 0.3) is 0 Å². The number of hydrogen-bond acceptors (Lipinski definition) is 3. The fraction of sp³-hybridized carbons (Fsp3) is 0.625. The van der Waals surface area contributed by atoms with Gasteiger partial charge in [0.2, 0.25) is 0 Å². The van der Waals surface area contributed by atoms with Crippen molar-refractivity contribution in [3.63, 3.8) is 0 Å². The van der Waals surface area contributed by atoms with Crippen LogP contribution in [0.3, 0.4) is 0 Å². The Kier molecular flexibility index (Phi) is 8.07. The van der Waals surface area contributed by atoms with Gasteiger partial charge in [-0.3, -0.25) is 4.90 Å². The van der Waals surface area contributed by atoms with E-state index in [9.17, 15) is 8.78 Å². The zero-order valence-corrected chi connectivity index (χ0v) is 13.7. The fourth-order valence-corrected chi connectivity index (χ4v) is 3.06. The molecule has 0 saturated carbocycles. The van der Waals surface area contributed by atoms with E-state index < -0.39 is 6.61 Å². The minimum absolute atomic E-state index is 0. The molecule has 6 heteroatoms. The van der Waals surface area contributed by atoms with E-state index in [1.165, 1.54) is 12.8 Å². The van der Waals surface area contributed by atoms with Crippen molar-refractivity contribution < 1.29 is 13.5 Å². The minimum Gasteiger partial charge on any atom is -0.435 e. The lowest BCUT2D eigenvalue weighted by atomic mass is 9.93. The first-order valence-electron chi connectivity index (χ1n) is 7.59. The number of ether oxygens (including phenoxy) is 1. The largest absolute Gasteiger partial charge is 0.435 e. The Hall–Kier alpha value is -0.910. The predicted octanol–water partition coefficient (Wildman–Crippen LogP) is 3.83. The van der Waals surface area contributed by atoms with Crippen molar-refractivity contribution in [2.24, 2.45) is 11.7 Å². The summed E-state index contributed by atoms with van der Waals surface area (Å²) in [6.07, 6.45) is 3.52. The van der Waals surface area contributed by atoms with Gasteiger partial charge < -0.3 is 10.5 Å². The molecule has 2 N–H and O–H groups in total. The highest BCUT2D eigenvalue weighted by atomic mass is 35.5. The third-order valence-electron chi connectivity index (χ3n) is 4.26. The molecule has 2 atom stereocenters. The highest BCUT2D eigenvalue weighted by molar-refractivity contribution is 5.85. The molecule has 1 heterocycles. The summed E-state index contributed by atoms with van der Waals surface area (Å²) >= 11 is 0. The number of nitrogens with two attached hydrogens (primary N) is 1. The second kappa shape index (κ2) is 9.28. The van der Waals surface area contributed by atoms with E-state index in [-0.39, 0.29) is 24.2 Å². The number of alkyl halides is 2. The highest BCUT2D eigenvalue weighted by Crippen LogP contribution is 2.28. The van der Waals surface area contributed by atoms with Gasteiger partial charge in [0.05, 0.1) is 0 Å². The summed E-state index contributed by atoms with van der Waals surface area (Å²) in [4.78, 5) is 2.45. The Morgan fingerprint density at radius 3 is 2.59 bits per heavy atom. The van der Waals surface area contributed by atoms with Crippen LogP contribution in [0, 0.1) is 5.92 Å². The first-order valence-corrected chi connectivity index (χ1v) is 7.59. The Morgan fingerprint density at radius 1 is 1.32 bits per heavy atom. The van der Waals surface area contributed by atoms with Crippen LogP contribution in [0.15, 0.2) is 24.3 Å². The molecule has 1 fully saturated rings. The molecule has 0 aromatic heterocycles. The lowest BCUT2D eigenvalue weighted by Gasteiger charge is -2.37. The maximum absolute atomic E-state index is 12.1. The van der Waals surface area contributed by atoms with Gasteiger partial charge in [-0.2, -0.15) is 8.78 Å². The molecule has 22 heavy (non-hydrogen) atoms. The van der Waals surface area contributed by atoms with Crippen molar-refractivity contribution in [3.05, 3.63) is 29.8 Å². The second-order valence-corrected chi connectivity index (χ2v) is 5.70. The molecule has 0 aliphatic carbocycles. The molecule has 0 bridgehead atoms. The van der Waals surface area contributed by atoms with Crippen LogP contribution in [0.1, 0.15) is 37.8 Å². The van der Waals surface area contributed by atoms with Crippen molar-refractivity contribution >= 4 is 12.4 Å². The van der Waals surface area contributed by atoms with Gasteiger partial charge in [0.15, 0.2) is 0 Å². The average molecular weight is 335 g/mol. The number of piperidine rings is 1. The van der Waals surface area contributed by atoms with Gasteiger partial charge in [-0.25, -0.2) is 0 Å². The van der Waals surface area contributed by atoms with Crippen molar-refractivity contribution in [1.29, 1.82) is 0 Å². The maximum Gasteiger partial charge on any atom is 0.387 e. The molecular formula is C16H25ClF2N2O. The van der Waals surface area contributed by atoms with Gasteiger partial charge in [0, 0.05) is 12.6 Å². The molecule has 126 valence electrons. The van der Waals surface area contributed by atoms with E-state index in [2.05, 4.69) is 16.6 Å².